The van der Waals surface area contributed by atoms with Gasteiger partial charge in [-0.15, -0.1) is 0 Å². The lowest BCUT2D eigenvalue weighted by molar-refractivity contribution is 0.0951. The molecule has 0 bridgehead atoms. The second-order valence-corrected chi connectivity index (χ2v) is 4.97. The van der Waals surface area contributed by atoms with Crippen LogP contribution in [-0.4, -0.2) is 49.5 Å². The number of nitrogens with zero attached hydrogens (tertiary/aromatic N) is 2. The smallest absolute Gasteiger partial charge is 0.253 e. The average Bonchev–Trinajstić information content (AvgIpc) is 2.53. The lowest BCUT2D eigenvalue weighted by Crippen LogP contribution is -2.33. The molecule has 2 N–H and O–H groups in total. The number of rotatable bonds is 6. The van der Waals surface area contributed by atoms with Crippen molar-refractivity contribution in [2.75, 3.05) is 39.0 Å². The number of hydrogen-bond acceptors (Lipinski definition) is 4. The van der Waals surface area contributed by atoms with E-state index in [0.717, 1.165) is 29.7 Å². The molecule has 5 nitrogen and oxygen atoms in total. The summed E-state index contributed by atoms with van der Waals surface area (Å²) in [6.45, 7) is 4.53. The van der Waals surface area contributed by atoms with Crippen molar-refractivity contribution in [2.24, 2.45) is 0 Å². The maximum absolute atomic E-state index is 12.3. The molecule has 0 saturated heterocycles. The highest BCUT2D eigenvalue weighted by molar-refractivity contribution is 6.09. The van der Waals surface area contributed by atoms with Crippen LogP contribution in [0.4, 0.5) is 5.82 Å². The highest BCUT2D eigenvalue weighted by Crippen LogP contribution is 2.23. The molecule has 0 unspecified atom stereocenters. The molecule has 1 aromatic heterocycles. The molecule has 0 aliphatic rings. The van der Waals surface area contributed by atoms with E-state index in [0.29, 0.717) is 12.1 Å². The summed E-state index contributed by atoms with van der Waals surface area (Å²) in [7, 11) is 3.86. The second-order valence-electron chi connectivity index (χ2n) is 4.97. The average molecular weight is 286 g/mol. The van der Waals surface area contributed by atoms with Crippen LogP contribution in [0.25, 0.3) is 10.8 Å². The molecule has 21 heavy (non-hydrogen) atoms. The van der Waals surface area contributed by atoms with Crippen molar-refractivity contribution in [3.05, 3.63) is 36.0 Å². The van der Waals surface area contributed by atoms with E-state index in [1.54, 1.807) is 6.20 Å². The Morgan fingerprint density at radius 1 is 1.29 bits per heavy atom. The molecule has 0 atom stereocenters. The minimum atomic E-state index is -0.0779. The van der Waals surface area contributed by atoms with Crippen LogP contribution in [0.5, 0.6) is 0 Å². The van der Waals surface area contributed by atoms with Crippen LogP contribution >= 0.6 is 0 Å². The fourth-order valence-electron chi connectivity index (χ4n) is 2.19. The SMILES string of the molecule is CCN(C)CCNC(=O)c1cnc(NC)c2ccccc12. The normalized spacial score (nSPS) is 10.9. The van der Waals surface area contributed by atoms with Crippen LogP contribution in [-0.2, 0) is 0 Å². The first kappa shape index (κ1) is 15.3. The second kappa shape index (κ2) is 7.04. The van der Waals surface area contributed by atoms with Crippen LogP contribution < -0.4 is 10.6 Å². The minimum Gasteiger partial charge on any atom is -0.373 e. The Morgan fingerprint density at radius 3 is 2.67 bits per heavy atom. The van der Waals surface area contributed by atoms with Crippen molar-refractivity contribution in [1.82, 2.24) is 15.2 Å². The Bertz CT molecular complexity index is 627. The zero-order valence-corrected chi connectivity index (χ0v) is 12.8. The van der Waals surface area contributed by atoms with Crippen molar-refractivity contribution >= 4 is 22.5 Å². The molecule has 1 amide bonds. The summed E-state index contributed by atoms with van der Waals surface area (Å²) in [5, 5.41) is 7.88. The number of fused-ring (bicyclic) bond motifs is 1. The van der Waals surface area contributed by atoms with Crippen molar-refractivity contribution in [1.29, 1.82) is 0 Å². The number of carbonyl (C=O) groups excluding carboxylic acids is 1. The first-order valence-electron chi connectivity index (χ1n) is 7.19. The van der Waals surface area contributed by atoms with E-state index < -0.39 is 0 Å². The van der Waals surface area contributed by atoms with Gasteiger partial charge in [-0.05, 0) is 19.0 Å². The van der Waals surface area contributed by atoms with Gasteiger partial charge in [-0.1, -0.05) is 31.2 Å². The fourth-order valence-corrected chi connectivity index (χ4v) is 2.19. The zero-order valence-electron chi connectivity index (χ0n) is 12.8. The highest BCUT2D eigenvalue weighted by atomic mass is 16.1. The first-order valence-corrected chi connectivity index (χ1v) is 7.19. The molecule has 1 heterocycles. The van der Waals surface area contributed by atoms with Crippen LogP contribution in [0.2, 0.25) is 0 Å². The van der Waals surface area contributed by atoms with Crippen molar-refractivity contribution in [3.8, 4) is 0 Å². The van der Waals surface area contributed by atoms with E-state index in [9.17, 15) is 4.79 Å². The molecule has 2 rings (SSSR count). The van der Waals surface area contributed by atoms with E-state index in [2.05, 4.69) is 27.4 Å². The first-order chi connectivity index (χ1) is 10.2. The quantitative estimate of drug-likeness (QED) is 0.852. The molecule has 2 aromatic rings. The summed E-state index contributed by atoms with van der Waals surface area (Å²) in [5.74, 6) is 0.707. The Kier molecular flexibility index (Phi) is 5.11. The Morgan fingerprint density at radius 2 is 2.00 bits per heavy atom. The lowest BCUT2D eigenvalue weighted by Gasteiger charge is -2.14. The van der Waals surface area contributed by atoms with Crippen LogP contribution in [0.15, 0.2) is 30.5 Å². The highest BCUT2D eigenvalue weighted by Gasteiger charge is 2.12. The van der Waals surface area contributed by atoms with Crippen molar-refractivity contribution in [2.45, 2.75) is 6.92 Å². The van der Waals surface area contributed by atoms with Gasteiger partial charge in [0.25, 0.3) is 5.91 Å². The van der Waals surface area contributed by atoms with Gasteiger partial charge in [-0.25, -0.2) is 4.98 Å². The molecule has 0 spiro atoms. The molecule has 0 radical (unpaired) electrons. The molecule has 0 fully saturated rings. The third kappa shape index (κ3) is 3.49. The summed E-state index contributed by atoms with van der Waals surface area (Å²) in [5.41, 5.74) is 0.615. The Hall–Kier alpha value is -2.14. The third-order valence-corrected chi connectivity index (χ3v) is 3.60. The van der Waals surface area contributed by atoms with E-state index in [-0.39, 0.29) is 5.91 Å². The van der Waals surface area contributed by atoms with Crippen molar-refractivity contribution in [3.63, 3.8) is 0 Å². The van der Waals surface area contributed by atoms with E-state index in [1.807, 2.05) is 38.4 Å². The van der Waals surface area contributed by atoms with E-state index in [4.69, 9.17) is 0 Å². The van der Waals surface area contributed by atoms with Gasteiger partial charge < -0.3 is 15.5 Å². The minimum absolute atomic E-state index is 0.0779. The number of carbonyl (C=O) groups is 1. The fraction of sp³-hybridized carbons (Fsp3) is 0.375. The maximum Gasteiger partial charge on any atom is 0.253 e. The molecular weight excluding hydrogens is 264 g/mol. The van der Waals surface area contributed by atoms with Gasteiger partial charge >= 0.3 is 0 Å². The van der Waals surface area contributed by atoms with Gasteiger partial charge in [0.1, 0.15) is 5.82 Å². The summed E-state index contributed by atoms with van der Waals surface area (Å²) >= 11 is 0. The molecule has 1 aromatic carbocycles. The number of pyridine rings is 1. The van der Waals surface area contributed by atoms with E-state index >= 15 is 0 Å². The topological polar surface area (TPSA) is 57.3 Å². The maximum atomic E-state index is 12.3. The summed E-state index contributed by atoms with van der Waals surface area (Å²) in [6, 6.07) is 7.80. The number of aromatic nitrogens is 1. The largest absolute Gasteiger partial charge is 0.373 e. The van der Waals surface area contributed by atoms with Gasteiger partial charge in [-0.2, -0.15) is 0 Å². The number of amides is 1. The molecule has 0 aliphatic heterocycles. The van der Waals surface area contributed by atoms with Crippen LogP contribution in [0.1, 0.15) is 17.3 Å². The van der Waals surface area contributed by atoms with Gasteiger partial charge in [0.2, 0.25) is 0 Å². The predicted octanol–water partition coefficient (Wildman–Crippen LogP) is 1.96. The molecule has 5 heteroatoms. The molecule has 112 valence electrons. The summed E-state index contributed by atoms with van der Waals surface area (Å²) in [4.78, 5) is 18.8. The number of anilines is 1. The van der Waals surface area contributed by atoms with Gasteiger partial charge in [0.15, 0.2) is 0 Å². The standard InChI is InChI=1S/C16H22N4O/c1-4-20(3)10-9-18-16(21)14-11-19-15(17-2)13-8-6-5-7-12(13)14/h5-8,11H,4,9-10H2,1-3H3,(H,17,19)(H,18,21). The molecule has 0 aliphatic carbocycles. The van der Waals surface area contributed by atoms with Crippen LogP contribution in [0.3, 0.4) is 0 Å². The van der Waals surface area contributed by atoms with E-state index in [1.165, 1.54) is 0 Å². The molecular formula is C16H22N4O. The van der Waals surface area contributed by atoms with Crippen molar-refractivity contribution < 1.29 is 4.79 Å². The van der Waals surface area contributed by atoms with Gasteiger partial charge in [0, 0.05) is 31.7 Å². The number of hydrogen-bond donors (Lipinski definition) is 2. The lowest BCUT2D eigenvalue weighted by atomic mass is 10.1. The zero-order chi connectivity index (χ0) is 15.2. The number of benzene rings is 1. The monoisotopic (exact) mass is 286 g/mol. The third-order valence-electron chi connectivity index (χ3n) is 3.60. The Labute approximate surface area is 125 Å². The number of nitrogens with one attached hydrogen (secondary N) is 2. The Balaban J connectivity index is 2.20. The van der Waals surface area contributed by atoms with Crippen LogP contribution in [0, 0.1) is 0 Å². The van der Waals surface area contributed by atoms with Gasteiger partial charge in [-0.3, -0.25) is 4.79 Å². The summed E-state index contributed by atoms with van der Waals surface area (Å²) in [6.07, 6.45) is 1.63. The predicted molar refractivity (Wildman–Crippen MR) is 86.8 cm³/mol. The summed E-state index contributed by atoms with van der Waals surface area (Å²) < 4.78 is 0. The number of likely N-dealkylation sites (N-methyl/N-ethyl adjacent to an activating group) is 1. The van der Waals surface area contributed by atoms with Gasteiger partial charge in [0.05, 0.1) is 5.56 Å². The molecule has 0 saturated carbocycles.